The van der Waals surface area contributed by atoms with E-state index in [0.29, 0.717) is 17.8 Å². The molecule has 0 aromatic heterocycles. The van der Waals surface area contributed by atoms with E-state index in [1.165, 1.54) is 13.2 Å². The number of carbonyl (C=O) groups excluding carboxylic acids is 2. The van der Waals surface area contributed by atoms with Gasteiger partial charge in [-0.25, -0.2) is 4.79 Å². The lowest BCUT2D eigenvalue weighted by atomic mass is 10.0. The molecule has 5 heteroatoms. The van der Waals surface area contributed by atoms with Gasteiger partial charge in [-0.3, -0.25) is 4.79 Å². The smallest absolute Gasteiger partial charge is 0.340 e. The van der Waals surface area contributed by atoms with Gasteiger partial charge in [-0.05, 0) is 25.5 Å². The highest BCUT2D eigenvalue weighted by atomic mass is 16.5. The van der Waals surface area contributed by atoms with E-state index in [1.54, 1.807) is 36.1 Å². The van der Waals surface area contributed by atoms with Crippen LogP contribution in [0.3, 0.4) is 0 Å². The average Bonchev–Trinajstić information content (AvgIpc) is 2.77. The Morgan fingerprint density at radius 3 is 2.65 bits per heavy atom. The number of hydrogen-bond acceptors (Lipinski definition) is 4. The number of ether oxygens (including phenoxy) is 1. The number of carbonyl (C=O) groups is 2. The molecule has 1 N–H and O–H groups in total. The first kappa shape index (κ1) is 16.8. The van der Waals surface area contributed by atoms with Crippen molar-refractivity contribution in [2.24, 2.45) is 0 Å². The summed E-state index contributed by atoms with van der Waals surface area (Å²) in [6.45, 7) is 4.34. The summed E-state index contributed by atoms with van der Waals surface area (Å²) >= 11 is 0. The quantitative estimate of drug-likeness (QED) is 0.670. The number of aromatic hydroxyl groups is 1. The number of benzene rings is 1. The van der Waals surface area contributed by atoms with Crippen molar-refractivity contribution in [3.05, 3.63) is 46.7 Å². The Morgan fingerprint density at radius 2 is 2.04 bits per heavy atom. The number of hydrogen-bond donors (Lipinski definition) is 1. The van der Waals surface area contributed by atoms with Crippen molar-refractivity contribution in [2.45, 2.75) is 26.7 Å². The van der Waals surface area contributed by atoms with Crippen LogP contribution in [0.4, 0.5) is 0 Å². The van der Waals surface area contributed by atoms with E-state index in [0.717, 1.165) is 12.8 Å². The number of unbranched alkanes of at least 4 members (excludes halogenated alkanes) is 1. The van der Waals surface area contributed by atoms with Crippen molar-refractivity contribution in [3.63, 3.8) is 0 Å². The van der Waals surface area contributed by atoms with Gasteiger partial charge in [0.15, 0.2) is 0 Å². The minimum absolute atomic E-state index is 0.0571. The van der Waals surface area contributed by atoms with Gasteiger partial charge in [-0.2, -0.15) is 0 Å². The predicted molar refractivity (Wildman–Crippen MR) is 87.4 cm³/mol. The van der Waals surface area contributed by atoms with E-state index >= 15 is 0 Å². The molecule has 1 heterocycles. The van der Waals surface area contributed by atoms with Crippen LogP contribution in [-0.2, 0) is 14.3 Å². The molecule has 23 heavy (non-hydrogen) atoms. The summed E-state index contributed by atoms with van der Waals surface area (Å²) in [5.74, 6) is -0.724. The predicted octanol–water partition coefficient (Wildman–Crippen LogP) is 2.86. The molecular formula is C18H21NO4. The number of nitrogens with zero attached hydrogens (tertiary/aromatic N) is 1. The Labute approximate surface area is 135 Å². The van der Waals surface area contributed by atoms with E-state index in [9.17, 15) is 14.7 Å². The Morgan fingerprint density at radius 1 is 1.35 bits per heavy atom. The summed E-state index contributed by atoms with van der Waals surface area (Å²) in [7, 11) is 1.29. The maximum absolute atomic E-state index is 12.7. The topological polar surface area (TPSA) is 66.8 Å². The maximum Gasteiger partial charge on any atom is 0.340 e. The molecule has 122 valence electrons. The SMILES string of the molecule is CCCCN1C(=O)/C(=C/c2ccccc2O)C(C(=O)OC)=C1C. The van der Waals surface area contributed by atoms with E-state index in [-0.39, 0.29) is 22.8 Å². The molecule has 0 unspecified atom stereocenters. The second-order valence-corrected chi connectivity index (χ2v) is 5.38. The van der Waals surface area contributed by atoms with Crippen LogP contribution < -0.4 is 0 Å². The fourth-order valence-electron chi connectivity index (χ4n) is 2.58. The molecule has 0 fully saturated rings. The van der Waals surface area contributed by atoms with Gasteiger partial charge in [0.1, 0.15) is 5.75 Å². The zero-order valence-corrected chi connectivity index (χ0v) is 13.6. The first-order chi connectivity index (χ1) is 11.0. The van der Waals surface area contributed by atoms with Crippen LogP contribution in [0.2, 0.25) is 0 Å². The number of esters is 1. The van der Waals surface area contributed by atoms with Gasteiger partial charge in [-0.1, -0.05) is 31.5 Å². The fraction of sp³-hybridized carbons (Fsp3) is 0.333. The third-order valence-corrected chi connectivity index (χ3v) is 3.87. The minimum Gasteiger partial charge on any atom is -0.507 e. The van der Waals surface area contributed by atoms with Crippen LogP contribution in [0, 0.1) is 0 Å². The Balaban J connectivity index is 2.50. The van der Waals surface area contributed by atoms with Gasteiger partial charge in [-0.15, -0.1) is 0 Å². The molecule has 0 atom stereocenters. The number of para-hydroxylation sites is 1. The van der Waals surface area contributed by atoms with Crippen LogP contribution in [-0.4, -0.2) is 35.5 Å². The Hall–Kier alpha value is -2.56. The minimum atomic E-state index is -0.545. The number of phenolic OH excluding ortho intramolecular Hbond substituents is 1. The third kappa shape index (κ3) is 3.28. The first-order valence-electron chi connectivity index (χ1n) is 7.62. The van der Waals surface area contributed by atoms with Gasteiger partial charge < -0.3 is 14.7 Å². The molecule has 0 saturated heterocycles. The third-order valence-electron chi connectivity index (χ3n) is 3.87. The molecule has 5 nitrogen and oxygen atoms in total. The summed E-state index contributed by atoms with van der Waals surface area (Å²) in [5, 5.41) is 9.91. The zero-order chi connectivity index (χ0) is 17.0. The van der Waals surface area contributed by atoms with Crippen molar-refractivity contribution in [3.8, 4) is 5.75 Å². The number of phenols is 1. The van der Waals surface area contributed by atoms with Crippen molar-refractivity contribution in [2.75, 3.05) is 13.7 Å². The van der Waals surface area contributed by atoms with Crippen LogP contribution in [0.25, 0.3) is 6.08 Å². The largest absolute Gasteiger partial charge is 0.507 e. The molecule has 0 spiro atoms. The molecule has 0 bridgehead atoms. The van der Waals surface area contributed by atoms with E-state index in [1.807, 2.05) is 6.92 Å². The summed E-state index contributed by atoms with van der Waals surface area (Å²) in [6, 6.07) is 6.68. The Kier molecular flexibility index (Phi) is 5.21. The number of amides is 1. The van der Waals surface area contributed by atoms with Crippen LogP contribution in [0.5, 0.6) is 5.75 Å². The zero-order valence-electron chi connectivity index (χ0n) is 13.6. The second kappa shape index (κ2) is 7.13. The highest BCUT2D eigenvalue weighted by molar-refractivity contribution is 6.16. The molecule has 0 radical (unpaired) electrons. The van der Waals surface area contributed by atoms with Gasteiger partial charge in [0.25, 0.3) is 5.91 Å². The molecule has 0 aliphatic carbocycles. The number of methoxy groups -OCH3 is 1. The van der Waals surface area contributed by atoms with E-state index < -0.39 is 5.97 Å². The summed E-state index contributed by atoms with van der Waals surface area (Å²) < 4.78 is 4.82. The average molecular weight is 315 g/mol. The van der Waals surface area contributed by atoms with Gasteiger partial charge in [0.05, 0.1) is 18.3 Å². The lowest BCUT2D eigenvalue weighted by molar-refractivity contribution is -0.136. The van der Waals surface area contributed by atoms with Gasteiger partial charge in [0.2, 0.25) is 0 Å². The monoisotopic (exact) mass is 315 g/mol. The van der Waals surface area contributed by atoms with E-state index in [2.05, 4.69) is 0 Å². The highest BCUT2D eigenvalue weighted by Crippen LogP contribution is 2.33. The van der Waals surface area contributed by atoms with Crippen molar-refractivity contribution in [1.82, 2.24) is 4.90 Å². The normalized spacial score (nSPS) is 16.4. The Bertz CT molecular complexity index is 688. The standard InChI is InChI=1S/C18H21NO4/c1-4-5-10-19-12(2)16(18(22)23-3)14(17(19)21)11-13-8-6-7-9-15(13)20/h6-9,11,20H,4-5,10H2,1-3H3/b14-11+. The summed E-state index contributed by atoms with van der Waals surface area (Å²) in [4.78, 5) is 26.4. The number of allylic oxidation sites excluding steroid dienone is 1. The van der Waals surface area contributed by atoms with Crippen LogP contribution in [0.1, 0.15) is 32.3 Å². The molecule has 1 aliphatic heterocycles. The fourth-order valence-corrected chi connectivity index (χ4v) is 2.58. The highest BCUT2D eigenvalue weighted by Gasteiger charge is 2.36. The first-order valence-corrected chi connectivity index (χ1v) is 7.62. The van der Waals surface area contributed by atoms with Crippen molar-refractivity contribution in [1.29, 1.82) is 0 Å². The second-order valence-electron chi connectivity index (χ2n) is 5.38. The lowest BCUT2D eigenvalue weighted by Crippen LogP contribution is -2.26. The molecule has 2 rings (SSSR count). The van der Waals surface area contributed by atoms with Crippen molar-refractivity contribution < 1.29 is 19.4 Å². The molecule has 1 amide bonds. The molecule has 1 aromatic carbocycles. The number of rotatable bonds is 5. The maximum atomic E-state index is 12.7. The van der Waals surface area contributed by atoms with E-state index in [4.69, 9.17) is 4.74 Å². The molecule has 1 aliphatic rings. The van der Waals surface area contributed by atoms with Gasteiger partial charge >= 0.3 is 5.97 Å². The molecular weight excluding hydrogens is 294 g/mol. The van der Waals surface area contributed by atoms with Crippen LogP contribution >= 0.6 is 0 Å². The van der Waals surface area contributed by atoms with Gasteiger partial charge in [0, 0.05) is 17.8 Å². The molecule has 0 saturated carbocycles. The summed E-state index contributed by atoms with van der Waals surface area (Å²) in [6.07, 6.45) is 3.34. The van der Waals surface area contributed by atoms with Crippen LogP contribution in [0.15, 0.2) is 41.1 Å². The summed E-state index contributed by atoms with van der Waals surface area (Å²) in [5.41, 5.74) is 1.60. The lowest BCUT2D eigenvalue weighted by Gasteiger charge is -2.17. The van der Waals surface area contributed by atoms with Crippen molar-refractivity contribution >= 4 is 18.0 Å². The molecule has 1 aromatic rings.